The lowest BCUT2D eigenvalue weighted by atomic mass is 9.79. The largest absolute Gasteiger partial charge is 0.492 e. The molecule has 3 aromatic heterocycles. The first-order chi connectivity index (χ1) is 13.7. The smallest absolute Gasteiger partial charge is 0.404 e. The van der Waals surface area contributed by atoms with Gasteiger partial charge in [-0.15, -0.1) is 10.2 Å². The van der Waals surface area contributed by atoms with Crippen molar-refractivity contribution in [1.29, 1.82) is 0 Å². The Morgan fingerprint density at radius 2 is 2.14 bits per heavy atom. The second-order valence-corrected chi connectivity index (χ2v) is 6.56. The standard InChI is InChI=1S/C19H20N6O3/c1-2-28-15-5-6-16(21-11-15)18-24-23-17(12-8-13(9-12)22-19(26)27)25(18)14-4-3-7-20-10-14/h3-7,10-13,22H,2,8-9H2,1H3,(H,26,27). The van der Waals surface area contributed by atoms with Crippen LogP contribution in [0.4, 0.5) is 4.79 Å². The number of carboxylic acid groups (broad SMARTS) is 1. The van der Waals surface area contributed by atoms with Crippen molar-refractivity contribution in [2.24, 2.45) is 0 Å². The molecule has 0 atom stereocenters. The molecule has 1 aliphatic rings. The molecule has 0 unspecified atom stereocenters. The second-order valence-electron chi connectivity index (χ2n) is 6.56. The van der Waals surface area contributed by atoms with E-state index in [0.29, 0.717) is 36.7 Å². The van der Waals surface area contributed by atoms with Crippen molar-refractivity contribution in [2.45, 2.75) is 31.7 Å². The highest BCUT2D eigenvalue weighted by molar-refractivity contribution is 5.65. The Morgan fingerprint density at radius 1 is 1.29 bits per heavy atom. The number of nitrogens with zero attached hydrogens (tertiary/aromatic N) is 5. The molecule has 2 N–H and O–H groups in total. The molecular formula is C19H20N6O3. The number of rotatable bonds is 6. The Morgan fingerprint density at radius 3 is 2.79 bits per heavy atom. The highest BCUT2D eigenvalue weighted by atomic mass is 16.5. The maximum absolute atomic E-state index is 10.8. The predicted molar refractivity (Wildman–Crippen MR) is 100 cm³/mol. The van der Waals surface area contributed by atoms with E-state index in [0.717, 1.165) is 11.5 Å². The molecule has 1 amide bonds. The summed E-state index contributed by atoms with van der Waals surface area (Å²) in [6, 6.07) is 7.42. The first-order valence-electron chi connectivity index (χ1n) is 9.10. The molecule has 0 radical (unpaired) electrons. The zero-order valence-corrected chi connectivity index (χ0v) is 15.3. The summed E-state index contributed by atoms with van der Waals surface area (Å²) in [5.41, 5.74) is 1.51. The number of amides is 1. The number of carbonyl (C=O) groups is 1. The summed E-state index contributed by atoms with van der Waals surface area (Å²) >= 11 is 0. The summed E-state index contributed by atoms with van der Waals surface area (Å²) < 4.78 is 7.40. The summed E-state index contributed by atoms with van der Waals surface area (Å²) in [6.07, 6.45) is 5.48. The number of hydrogen-bond acceptors (Lipinski definition) is 6. The molecule has 9 heteroatoms. The van der Waals surface area contributed by atoms with Gasteiger partial charge in [0.15, 0.2) is 5.82 Å². The third kappa shape index (κ3) is 3.51. The first kappa shape index (κ1) is 17.9. The summed E-state index contributed by atoms with van der Waals surface area (Å²) in [6.45, 7) is 2.49. The van der Waals surface area contributed by atoms with Crippen molar-refractivity contribution in [3.05, 3.63) is 48.7 Å². The molecule has 3 heterocycles. The molecule has 0 aliphatic heterocycles. The molecule has 0 bridgehead atoms. The number of nitrogens with one attached hydrogen (secondary N) is 1. The van der Waals surface area contributed by atoms with Gasteiger partial charge in [0.1, 0.15) is 17.3 Å². The molecule has 1 fully saturated rings. The van der Waals surface area contributed by atoms with Gasteiger partial charge < -0.3 is 15.2 Å². The van der Waals surface area contributed by atoms with Crippen LogP contribution in [0.25, 0.3) is 17.2 Å². The van der Waals surface area contributed by atoms with Crippen LogP contribution in [0.5, 0.6) is 5.75 Å². The van der Waals surface area contributed by atoms with Crippen LogP contribution in [0.1, 0.15) is 31.5 Å². The average molecular weight is 380 g/mol. The number of pyridine rings is 2. The quantitative estimate of drug-likeness (QED) is 0.675. The first-order valence-corrected chi connectivity index (χ1v) is 9.10. The van der Waals surface area contributed by atoms with Gasteiger partial charge in [0.05, 0.1) is 24.7 Å². The summed E-state index contributed by atoms with van der Waals surface area (Å²) in [4.78, 5) is 19.5. The Kier molecular flexibility index (Phi) is 4.88. The maximum atomic E-state index is 10.8. The summed E-state index contributed by atoms with van der Waals surface area (Å²) in [5, 5.41) is 20.2. The van der Waals surface area contributed by atoms with Gasteiger partial charge in [-0.2, -0.15) is 0 Å². The van der Waals surface area contributed by atoms with E-state index >= 15 is 0 Å². The van der Waals surface area contributed by atoms with Gasteiger partial charge in [0, 0.05) is 18.2 Å². The molecule has 1 aliphatic carbocycles. The molecule has 0 aromatic carbocycles. The fourth-order valence-electron chi connectivity index (χ4n) is 3.35. The lowest BCUT2D eigenvalue weighted by molar-refractivity contribution is 0.176. The zero-order valence-electron chi connectivity index (χ0n) is 15.3. The molecule has 9 nitrogen and oxygen atoms in total. The van der Waals surface area contributed by atoms with Gasteiger partial charge >= 0.3 is 6.09 Å². The van der Waals surface area contributed by atoms with Gasteiger partial charge in [0.25, 0.3) is 0 Å². The molecule has 3 aromatic rings. The number of ether oxygens (including phenoxy) is 1. The molecule has 28 heavy (non-hydrogen) atoms. The second kappa shape index (κ2) is 7.63. The molecule has 1 saturated carbocycles. The minimum atomic E-state index is -1.00. The molecule has 4 rings (SSSR count). The molecule has 0 saturated heterocycles. The fraction of sp³-hybridized carbons (Fsp3) is 0.316. The van der Waals surface area contributed by atoms with E-state index in [2.05, 4.69) is 25.5 Å². The van der Waals surface area contributed by atoms with Gasteiger partial charge in [0.2, 0.25) is 0 Å². The van der Waals surface area contributed by atoms with Crippen LogP contribution in [-0.2, 0) is 0 Å². The zero-order chi connectivity index (χ0) is 19.5. The summed E-state index contributed by atoms with van der Waals surface area (Å²) in [7, 11) is 0. The average Bonchev–Trinajstić information content (AvgIpc) is 3.10. The van der Waals surface area contributed by atoms with Crippen LogP contribution >= 0.6 is 0 Å². The van der Waals surface area contributed by atoms with Crippen LogP contribution in [0, 0.1) is 0 Å². The maximum Gasteiger partial charge on any atom is 0.404 e. The lowest BCUT2D eigenvalue weighted by Gasteiger charge is -2.34. The van der Waals surface area contributed by atoms with Crippen LogP contribution in [0.3, 0.4) is 0 Å². The van der Waals surface area contributed by atoms with Crippen molar-refractivity contribution in [3.8, 4) is 23.0 Å². The normalized spacial score (nSPS) is 18.3. The Labute approximate surface area is 161 Å². The number of aromatic nitrogens is 5. The fourth-order valence-corrected chi connectivity index (χ4v) is 3.35. The lowest BCUT2D eigenvalue weighted by Crippen LogP contribution is -2.43. The third-order valence-corrected chi connectivity index (χ3v) is 4.70. The van der Waals surface area contributed by atoms with Gasteiger partial charge in [-0.3, -0.25) is 9.55 Å². The van der Waals surface area contributed by atoms with E-state index in [1.165, 1.54) is 0 Å². The van der Waals surface area contributed by atoms with Gasteiger partial charge in [-0.05, 0) is 44.0 Å². The van der Waals surface area contributed by atoms with Crippen LogP contribution < -0.4 is 10.1 Å². The van der Waals surface area contributed by atoms with Crippen molar-refractivity contribution in [3.63, 3.8) is 0 Å². The van der Waals surface area contributed by atoms with E-state index in [4.69, 9.17) is 9.84 Å². The van der Waals surface area contributed by atoms with E-state index in [9.17, 15) is 4.79 Å². The topological polar surface area (TPSA) is 115 Å². The van der Waals surface area contributed by atoms with E-state index < -0.39 is 6.09 Å². The van der Waals surface area contributed by atoms with Crippen molar-refractivity contribution in [2.75, 3.05) is 6.61 Å². The van der Waals surface area contributed by atoms with Crippen LogP contribution in [0.2, 0.25) is 0 Å². The Balaban J connectivity index is 1.68. The van der Waals surface area contributed by atoms with Gasteiger partial charge in [-0.25, -0.2) is 9.78 Å². The Hall–Kier alpha value is -3.49. The van der Waals surface area contributed by atoms with E-state index in [1.54, 1.807) is 18.6 Å². The van der Waals surface area contributed by atoms with Crippen LogP contribution in [0.15, 0.2) is 42.9 Å². The van der Waals surface area contributed by atoms with Crippen molar-refractivity contribution in [1.82, 2.24) is 30.0 Å². The monoisotopic (exact) mass is 380 g/mol. The highest BCUT2D eigenvalue weighted by Crippen LogP contribution is 2.38. The van der Waals surface area contributed by atoms with E-state index in [-0.39, 0.29) is 12.0 Å². The molecular weight excluding hydrogens is 360 g/mol. The highest BCUT2D eigenvalue weighted by Gasteiger charge is 2.36. The molecule has 144 valence electrons. The Bertz CT molecular complexity index is 952. The minimum absolute atomic E-state index is 0.0615. The van der Waals surface area contributed by atoms with Crippen molar-refractivity contribution >= 4 is 6.09 Å². The van der Waals surface area contributed by atoms with Crippen molar-refractivity contribution < 1.29 is 14.6 Å². The predicted octanol–water partition coefficient (Wildman–Crippen LogP) is 2.64. The van der Waals surface area contributed by atoms with E-state index in [1.807, 2.05) is 35.8 Å². The SMILES string of the molecule is CCOc1ccc(-c2nnc(C3CC(NC(=O)O)C3)n2-c2cccnc2)nc1. The number of hydrogen-bond donors (Lipinski definition) is 2. The third-order valence-electron chi connectivity index (χ3n) is 4.70. The molecule has 0 spiro atoms. The van der Waals surface area contributed by atoms with Gasteiger partial charge in [-0.1, -0.05) is 0 Å². The minimum Gasteiger partial charge on any atom is -0.492 e. The van der Waals surface area contributed by atoms with Crippen LogP contribution in [-0.4, -0.2) is 48.6 Å². The summed E-state index contributed by atoms with van der Waals surface area (Å²) in [5.74, 6) is 2.20.